The Morgan fingerprint density at radius 2 is 2.00 bits per heavy atom. The van der Waals surface area contributed by atoms with Gasteiger partial charge in [0.1, 0.15) is 6.07 Å². The van der Waals surface area contributed by atoms with Crippen LogP contribution in [-0.4, -0.2) is 13.7 Å². The van der Waals surface area contributed by atoms with Gasteiger partial charge in [-0.3, -0.25) is 0 Å². The number of nitrogens with zero attached hydrogens (tertiary/aromatic N) is 2. The van der Waals surface area contributed by atoms with Crippen molar-refractivity contribution in [3.63, 3.8) is 0 Å². The van der Waals surface area contributed by atoms with Crippen LogP contribution in [0.25, 0.3) is 11.6 Å². The molecule has 4 nitrogen and oxygen atoms in total. The first kappa shape index (κ1) is 16.4. The minimum atomic E-state index is -0.0580. The Kier molecular flexibility index (Phi) is 5.63. The topological polar surface area (TPSA) is 66.0 Å². The molecule has 114 valence electrons. The van der Waals surface area contributed by atoms with Crippen LogP contribution < -0.4 is 9.47 Å². The fraction of sp³-hybridized carbons (Fsp3) is 0.111. The van der Waals surface area contributed by atoms with Crippen LogP contribution in [0.3, 0.4) is 0 Å². The summed E-state index contributed by atoms with van der Waals surface area (Å²) in [6, 6.07) is 16.4. The third-order valence-electron chi connectivity index (χ3n) is 3.05. The van der Waals surface area contributed by atoms with Gasteiger partial charge in [-0.05, 0) is 41.5 Å². The van der Waals surface area contributed by atoms with Crippen molar-refractivity contribution in [1.29, 1.82) is 10.5 Å². The summed E-state index contributed by atoms with van der Waals surface area (Å²) in [5.41, 5.74) is 2.01. The molecule has 0 spiro atoms. The number of benzene rings is 2. The van der Waals surface area contributed by atoms with Crippen molar-refractivity contribution in [2.24, 2.45) is 0 Å². The second-order valence-corrected chi connectivity index (χ2v) is 4.97. The van der Waals surface area contributed by atoms with Gasteiger partial charge in [0.15, 0.2) is 18.1 Å². The number of halogens is 1. The molecule has 0 radical (unpaired) electrons. The Balaban J connectivity index is 2.37. The molecule has 23 heavy (non-hydrogen) atoms. The highest BCUT2D eigenvalue weighted by Gasteiger charge is 2.07. The molecule has 0 bridgehead atoms. The monoisotopic (exact) mass is 324 g/mol. The van der Waals surface area contributed by atoms with Crippen molar-refractivity contribution in [3.8, 4) is 23.6 Å². The van der Waals surface area contributed by atoms with Crippen LogP contribution in [0.15, 0.2) is 42.5 Å². The van der Waals surface area contributed by atoms with E-state index in [0.29, 0.717) is 22.1 Å². The predicted molar refractivity (Wildman–Crippen MR) is 89.0 cm³/mol. The van der Waals surface area contributed by atoms with Crippen molar-refractivity contribution in [1.82, 2.24) is 0 Å². The molecule has 0 N–H and O–H groups in total. The summed E-state index contributed by atoms with van der Waals surface area (Å²) in [4.78, 5) is 0. The summed E-state index contributed by atoms with van der Waals surface area (Å²) < 4.78 is 10.5. The van der Waals surface area contributed by atoms with Crippen LogP contribution in [0.5, 0.6) is 11.5 Å². The number of hydrogen-bond donors (Lipinski definition) is 0. The van der Waals surface area contributed by atoms with Crippen LogP contribution in [0.2, 0.25) is 5.02 Å². The van der Waals surface area contributed by atoms with Crippen molar-refractivity contribution >= 4 is 23.3 Å². The Labute approximate surface area is 139 Å². The standard InChI is InChI=1S/C18H13ClN2O2/c1-22-18-10-13(5-6-17(18)23-8-7-20)9-15(12-21)14-3-2-4-16(19)11-14/h2-6,9-11H,8H2,1H3. The maximum atomic E-state index is 9.38. The van der Waals surface area contributed by atoms with E-state index in [4.69, 9.17) is 26.3 Å². The molecule has 5 heteroatoms. The summed E-state index contributed by atoms with van der Waals surface area (Å²) in [7, 11) is 1.52. The van der Waals surface area contributed by atoms with Crippen LogP contribution in [0.1, 0.15) is 11.1 Å². The predicted octanol–water partition coefficient (Wildman–Crippen LogP) is 4.32. The van der Waals surface area contributed by atoms with Crippen molar-refractivity contribution in [2.45, 2.75) is 0 Å². The molecule has 2 aromatic rings. The zero-order chi connectivity index (χ0) is 16.7. The summed E-state index contributed by atoms with van der Waals surface area (Å²) in [5.74, 6) is 0.977. The maximum Gasteiger partial charge on any atom is 0.174 e. The zero-order valence-corrected chi connectivity index (χ0v) is 13.2. The molecule has 0 aliphatic rings. The van der Waals surface area contributed by atoms with E-state index in [9.17, 15) is 5.26 Å². The first-order valence-electron chi connectivity index (χ1n) is 6.73. The lowest BCUT2D eigenvalue weighted by atomic mass is 10.0. The molecule has 0 fully saturated rings. The van der Waals surface area contributed by atoms with Gasteiger partial charge in [0.25, 0.3) is 0 Å². The van der Waals surface area contributed by atoms with Gasteiger partial charge in [-0.15, -0.1) is 0 Å². The quantitative estimate of drug-likeness (QED) is 0.607. The molecule has 0 aliphatic carbocycles. The number of methoxy groups -OCH3 is 1. The molecule has 0 amide bonds. The fourth-order valence-corrected chi connectivity index (χ4v) is 2.20. The molecule has 0 unspecified atom stereocenters. The molecule has 2 aromatic carbocycles. The first-order chi connectivity index (χ1) is 11.2. The fourth-order valence-electron chi connectivity index (χ4n) is 2.01. The lowest BCUT2D eigenvalue weighted by molar-refractivity contribution is 0.329. The second-order valence-electron chi connectivity index (χ2n) is 4.54. The second kappa shape index (κ2) is 7.89. The summed E-state index contributed by atoms with van der Waals surface area (Å²) in [5, 5.41) is 18.5. The van der Waals surface area contributed by atoms with E-state index in [1.807, 2.05) is 12.1 Å². The SMILES string of the molecule is COc1cc(C=C(C#N)c2cccc(Cl)c2)ccc1OCC#N. The van der Waals surface area contributed by atoms with Crippen molar-refractivity contribution < 1.29 is 9.47 Å². The Morgan fingerprint density at radius 3 is 2.65 bits per heavy atom. The minimum absolute atomic E-state index is 0.0580. The van der Waals surface area contributed by atoms with E-state index in [-0.39, 0.29) is 6.61 Å². The van der Waals surface area contributed by atoms with Gasteiger partial charge in [0, 0.05) is 5.02 Å². The first-order valence-corrected chi connectivity index (χ1v) is 7.11. The maximum absolute atomic E-state index is 9.38. The van der Waals surface area contributed by atoms with Crippen LogP contribution in [0, 0.1) is 22.7 Å². The Bertz CT molecular complexity index is 817. The zero-order valence-electron chi connectivity index (χ0n) is 12.4. The van der Waals surface area contributed by atoms with E-state index < -0.39 is 0 Å². The molecule has 0 atom stereocenters. The van der Waals surface area contributed by atoms with Gasteiger partial charge < -0.3 is 9.47 Å². The summed E-state index contributed by atoms with van der Waals surface area (Å²) >= 11 is 5.97. The Morgan fingerprint density at radius 1 is 1.17 bits per heavy atom. The van der Waals surface area contributed by atoms with Gasteiger partial charge in [-0.25, -0.2) is 0 Å². The van der Waals surface area contributed by atoms with E-state index in [2.05, 4.69) is 6.07 Å². The number of rotatable bonds is 5. The Hall–Kier alpha value is -2.95. The summed E-state index contributed by atoms with van der Waals surface area (Å²) in [6.07, 6.45) is 1.74. The third-order valence-corrected chi connectivity index (χ3v) is 3.28. The molecule has 0 saturated carbocycles. The highest BCUT2D eigenvalue weighted by Crippen LogP contribution is 2.30. The average Bonchev–Trinajstić information content (AvgIpc) is 2.58. The number of nitriles is 2. The lowest BCUT2D eigenvalue weighted by Gasteiger charge is -2.09. The molecular formula is C18H13ClN2O2. The van der Waals surface area contributed by atoms with Gasteiger partial charge in [0.2, 0.25) is 0 Å². The van der Waals surface area contributed by atoms with Crippen LogP contribution in [-0.2, 0) is 0 Å². The number of ether oxygens (including phenoxy) is 2. The highest BCUT2D eigenvalue weighted by molar-refractivity contribution is 6.30. The number of allylic oxidation sites excluding steroid dienone is 1. The van der Waals surface area contributed by atoms with Gasteiger partial charge in [0.05, 0.1) is 18.8 Å². The molecular weight excluding hydrogens is 312 g/mol. The lowest BCUT2D eigenvalue weighted by Crippen LogP contribution is -1.96. The molecule has 0 heterocycles. The molecule has 0 aromatic heterocycles. The minimum Gasteiger partial charge on any atom is -0.493 e. The van der Waals surface area contributed by atoms with Crippen LogP contribution >= 0.6 is 11.6 Å². The van der Waals surface area contributed by atoms with E-state index in [1.165, 1.54) is 7.11 Å². The van der Waals surface area contributed by atoms with Gasteiger partial charge in [-0.2, -0.15) is 10.5 Å². The molecule has 0 aliphatic heterocycles. The van der Waals surface area contributed by atoms with Crippen molar-refractivity contribution in [3.05, 3.63) is 58.6 Å². The largest absolute Gasteiger partial charge is 0.493 e. The van der Waals surface area contributed by atoms with Gasteiger partial charge in [-0.1, -0.05) is 29.8 Å². The average molecular weight is 325 g/mol. The summed E-state index contributed by atoms with van der Waals surface area (Å²) in [6.45, 7) is -0.0580. The van der Waals surface area contributed by atoms with E-state index in [1.54, 1.807) is 42.5 Å². The van der Waals surface area contributed by atoms with E-state index >= 15 is 0 Å². The van der Waals surface area contributed by atoms with Crippen molar-refractivity contribution in [2.75, 3.05) is 13.7 Å². The molecule has 2 rings (SSSR count). The third kappa shape index (κ3) is 4.26. The highest BCUT2D eigenvalue weighted by atomic mass is 35.5. The number of hydrogen-bond acceptors (Lipinski definition) is 4. The van der Waals surface area contributed by atoms with Gasteiger partial charge >= 0.3 is 0 Å². The van der Waals surface area contributed by atoms with E-state index in [0.717, 1.165) is 11.1 Å². The normalized spacial score (nSPS) is 10.5. The smallest absolute Gasteiger partial charge is 0.174 e. The van der Waals surface area contributed by atoms with Crippen LogP contribution in [0.4, 0.5) is 0 Å². The molecule has 0 saturated heterocycles.